The Morgan fingerprint density at radius 1 is 1.50 bits per heavy atom. The van der Waals surface area contributed by atoms with Crippen LogP contribution in [-0.2, 0) is 6.42 Å². The van der Waals surface area contributed by atoms with E-state index in [2.05, 4.69) is 0 Å². The molecule has 1 aliphatic rings. The molecule has 1 aromatic carbocycles. The Hall–Kier alpha value is -0.600. The first kappa shape index (κ1) is 11.9. The van der Waals surface area contributed by atoms with Crippen molar-refractivity contribution in [3.05, 3.63) is 34.6 Å². The fraction of sp³-hybridized carbons (Fsp3) is 0.538. The number of hydrogen-bond acceptors (Lipinski definition) is 1. The van der Waals surface area contributed by atoms with Crippen LogP contribution < -0.4 is 0 Å². The summed E-state index contributed by atoms with van der Waals surface area (Å²) in [5.41, 5.74) is -0.428. The topological polar surface area (TPSA) is 20.2 Å². The average molecular weight is 243 g/mol. The summed E-state index contributed by atoms with van der Waals surface area (Å²) in [7, 11) is 0. The van der Waals surface area contributed by atoms with Gasteiger partial charge in [-0.15, -0.1) is 0 Å². The van der Waals surface area contributed by atoms with Crippen molar-refractivity contribution in [1.82, 2.24) is 0 Å². The van der Waals surface area contributed by atoms with Gasteiger partial charge in [-0.2, -0.15) is 0 Å². The zero-order valence-corrected chi connectivity index (χ0v) is 10.1. The minimum Gasteiger partial charge on any atom is -0.390 e. The Balaban J connectivity index is 2.12. The maximum Gasteiger partial charge on any atom is 0.127 e. The van der Waals surface area contributed by atoms with Gasteiger partial charge < -0.3 is 5.11 Å². The first-order valence-corrected chi connectivity index (χ1v) is 6.01. The second-order valence-corrected chi connectivity index (χ2v) is 5.43. The molecule has 0 radical (unpaired) electrons. The molecule has 0 saturated heterocycles. The van der Waals surface area contributed by atoms with Crippen LogP contribution in [0.3, 0.4) is 0 Å². The first-order chi connectivity index (χ1) is 7.48. The fourth-order valence-electron chi connectivity index (χ4n) is 2.10. The van der Waals surface area contributed by atoms with Crippen molar-refractivity contribution in [2.45, 2.75) is 38.2 Å². The minimum atomic E-state index is -0.854. The van der Waals surface area contributed by atoms with Gasteiger partial charge in [0.2, 0.25) is 0 Å². The van der Waals surface area contributed by atoms with Crippen LogP contribution in [0.25, 0.3) is 0 Å². The highest BCUT2D eigenvalue weighted by molar-refractivity contribution is 6.31. The summed E-state index contributed by atoms with van der Waals surface area (Å²) < 4.78 is 13.5. The molecule has 0 bridgehead atoms. The third kappa shape index (κ3) is 2.96. The number of rotatable bonds is 4. The van der Waals surface area contributed by atoms with Crippen LogP contribution in [0.1, 0.15) is 31.7 Å². The largest absolute Gasteiger partial charge is 0.390 e. The molecule has 0 aliphatic heterocycles. The molecule has 1 saturated carbocycles. The molecule has 1 fully saturated rings. The molecule has 2 rings (SSSR count). The molecule has 0 amide bonds. The van der Waals surface area contributed by atoms with Crippen molar-refractivity contribution in [3.8, 4) is 0 Å². The van der Waals surface area contributed by atoms with Gasteiger partial charge in [-0.05, 0) is 31.4 Å². The molecule has 1 N–H and O–H groups in total. The fourth-order valence-corrected chi connectivity index (χ4v) is 2.33. The molecule has 1 unspecified atom stereocenters. The Morgan fingerprint density at radius 3 is 2.75 bits per heavy atom. The summed E-state index contributed by atoms with van der Waals surface area (Å²) in [6.07, 6.45) is 3.38. The Labute approximate surface area is 100 Å². The van der Waals surface area contributed by atoms with Gasteiger partial charge in [0.15, 0.2) is 0 Å². The highest BCUT2D eigenvalue weighted by Gasteiger charge is 2.32. The lowest BCUT2D eigenvalue weighted by molar-refractivity contribution is 0.0447. The van der Waals surface area contributed by atoms with Crippen molar-refractivity contribution in [3.63, 3.8) is 0 Å². The zero-order chi connectivity index (χ0) is 11.8. The number of aliphatic hydroxyl groups is 1. The summed E-state index contributed by atoms with van der Waals surface area (Å²) >= 11 is 5.94. The molecule has 3 heteroatoms. The monoisotopic (exact) mass is 242 g/mol. The maximum atomic E-state index is 13.5. The van der Waals surface area contributed by atoms with Gasteiger partial charge >= 0.3 is 0 Å². The number of halogens is 2. The molecule has 88 valence electrons. The van der Waals surface area contributed by atoms with E-state index in [1.54, 1.807) is 19.1 Å². The van der Waals surface area contributed by atoms with Gasteiger partial charge in [-0.1, -0.05) is 30.5 Å². The first-order valence-electron chi connectivity index (χ1n) is 5.63. The van der Waals surface area contributed by atoms with Crippen molar-refractivity contribution < 1.29 is 9.50 Å². The van der Waals surface area contributed by atoms with Gasteiger partial charge in [-0.3, -0.25) is 0 Å². The molecular weight excluding hydrogens is 227 g/mol. The van der Waals surface area contributed by atoms with Crippen molar-refractivity contribution in [2.24, 2.45) is 5.92 Å². The SMILES string of the molecule is CC(O)(Cc1c(F)cccc1Cl)CC1CC1. The standard InChI is InChI=1S/C13H16ClFO/c1-13(16,7-9-5-6-9)8-10-11(14)3-2-4-12(10)15/h2-4,9,16H,5-8H2,1H3. The molecule has 1 aliphatic carbocycles. The third-order valence-corrected chi connectivity index (χ3v) is 3.40. The van der Waals surface area contributed by atoms with Crippen LogP contribution in [0.15, 0.2) is 18.2 Å². The Bertz CT molecular complexity index is 365. The lowest BCUT2D eigenvalue weighted by atomic mass is 9.91. The lowest BCUT2D eigenvalue weighted by Crippen LogP contribution is -2.28. The van der Waals surface area contributed by atoms with Crippen LogP contribution in [0.4, 0.5) is 4.39 Å². The predicted octanol–water partition coefficient (Wildman–Crippen LogP) is 3.57. The normalized spacial score (nSPS) is 19.5. The van der Waals surface area contributed by atoms with Crippen LogP contribution in [0.5, 0.6) is 0 Å². The summed E-state index contributed by atoms with van der Waals surface area (Å²) in [4.78, 5) is 0. The molecule has 1 atom stereocenters. The molecule has 1 nitrogen and oxygen atoms in total. The number of benzene rings is 1. The molecule has 0 spiro atoms. The highest BCUT2D eigenvalue weighted by atomic mass is 35.5. The highest BCUT2D eigenvalue weighted by Crippen LogP contribution is 2.38. The lowest BCUT2D eigenvalue weighted by Gasteiger charge is -2.24. The van der Waals surface area contributed by atoms with Crippen LogP contribution in [0, 0.1) is 11.7 Å². The van der Waals surface area contributed by atoms with E-state index in [9.17, 15) is 9.50 Å². The van der Waals surface area contributed by atoms with E-state index >= 15 is 0 Å². The van der Waals surface area contributed by atoms with Gasteiger partial charge in [0, 0.05) is 17.0 Å². The van der Waals surface area contributed by atoms with E-state index in [-0.39, 0.29) is 12.2 Å². The quantitative estimate of drug-likeness (QED) is 0.856. The van der Waals surface area contributed by atoms with Crippen molar-refractivity contribution in [2.75, 3.05) is 0 Å². The molecule has 16 heavy (non-hydrogen) atoms. The predicted molar refractivity (Wildman–Crippen MR) is 63.1 cm³/mol. The molecule has 1 aromatic rings. The molecule has 0 heterocycles. The summed E-state index contributed by atoms with van der Waals surface area (Å²) in [5, 5.41) is 10.6. The van der Waals surface area contributed by atoms with Crippen molar-refractivity contribution >= 4 is 11.6 Å². The van der Waals surface area contributed by atoms with E-state index in [1.807, 2.05) is 0 Å². The van der Waals surface area contributed by atoms with Crippen molar-refractivity contribution in [1.29, 1.82) is 0 Å². The third-order valence-electron chi connectivity index (χ3n) is 3.04. The van der Waals surface area contributed by atoms with E-state index in [0.717, 1.165) is 6.42 Å². The second kappa shape index (κ2) is 4.34. The van der Waals surface area contributed by atoms with E-state index < -0.39 is 5.60 Å². The molecule has 0 aromatic heterocycles. The van der Waals surface area contributed by atoms with Gasteiger partial charge in [0.1, 0.15) is 5.82 Å². The van der Waals surface area contributed by atoms with Crippen LogP contribution in [-0.4, -0.2) is 10.7 Å². The summed E-state index contributed by atoms with van der Waals surface area (Å²) in [6.45, 7) is 1.76. The van der Waals surface area contributed by atoms with Gasteiger partial charge in [-0.25, -0.2) is 4.39 Å². The van der Waals surface area contributed by atoms with Crippen LogP contribution in [0.2, 0.25) is 5.02 Å². The maximum absolute atomic E-state index is 13.5. The molecular formula is C13H16ClFO. The Kier molecular flexibility index (Phi) is 3.22. The van der Waals surface area contributed by atoms with E-state index in [0.29, 0.717) is 16.5 Å². The van der Waals surface area contributed by atoms with Gasteiger partial charge in [0.25, 0.3) is 0 Å². The minimum absolute atomic E-state index is 0.287. The average Bonchev–Trinajstić information content (AvgIpc) is 2.95. The van der Waals surface area contributed by atoms with Gasteiger partial charge in [0.05, 0.1) is 5.60 Å². The van der Waals surface area contributed by atoms with Crippen LogP contribution >= 0.6 is 11.6 Å². The second-order valence-electron chi connectivity index (χ2n) is 5.02. The summed E-state index contributed by atoms with van der Waals surface area (Å²) in [5.74, 6) is 0.282. The summed E-state index contributed by atoms with van der Waals surface area (Å²) in [6, 6.07) is 4.62. The smallest absolute Gasteiger partial charge is 0.127 e. The number of hydrogen-bond donors (Lipinski definition) is 1. The van der Waals surface area contributed by atoms with E-state index in [1.165, 1.54) is 18.9 Å². The zero-order valence-electron chi connectivity index (χ0n) is 9.34. The Morgan fingerprint density at radius 2 is 2.19 bits per heavy atom. The van der Waals surface area contributed by atoms with E-state index in [4.69, 9.17) is 11.6 Å².